The number of ketones is 6. The van der Waals surface area contributed by atoms with E-state index in [-0.39, 0.29) is 19.5 Å². The topological polar surface area (TPSA) is 240 Å². The van der Waals surface area contributed by atoms with E-state index in [9.17, 15) is 58.5 Å². The van der Waals surface area contributed by atoms with Gasteiger partial charge in [-0.2, -0.15) is 0 Å². The molecule has 0 aromatic heterocycles. The number of carboxylic acids is 3. The SMILES string of the molecule is C=O.CC(=O)CC(=O)C(=O)[O-].CC(=O)CC(=O)C(=O)[O-].CC(=O)CC(=O)C(=O)[O-].[Rh+3]. The maximum atomic E-state index is 10.1. The molecule has 0 heterocycles. The van der Waals surface area contributed by atoms with Crippen LogP contribution in [0.3, 0.4) is 0 Å². The molecule has 0 bridgehead atoms. The molecule has 0 saturated heterocycles. The van der Waals surface area contributed by atoms with Gasteiger partial charge >= 0.3 is 19.5 Å². The van der Waals surface area contributed by atoms with E-state index in [4.69, 9.17) is 4.79 Å². The number of Topliss-reactive ketones (excluding diaryl/α,β-unsaturated/α-hetero) is 6. The second-order valence-corrected chi connectivity index (χ2v) is 4.77. The fourth-order valence-electron chi connectivity index (χ4n) is 0.895. The van der Waals surface area contributed by atoms with Crippen molar-refractivity contribution < 1.29 is 82.7 Å². The fraction of sp³-hybridized carbons (Fsp3) is 0.375. The van der Waals surface area contributed by atoms with Crippen LogP contribution in [0.25, 0.3) is 0 Å². The first-order chi connectivity index (χ1) is 13.1. The van der Waals surface area contributed by atoms with Gasteiger partial charge in [-0.05, 0) is 20.8 Å². The molecule has 0 rings (SSSR count). The van der Waals surface area contributed by atoms with Crippen LogP contribution in [0.1, 0.15) is 40.0 Å². The van der Waals surface area contributed by atoms with Gasteiger partial charge in [0, 0.05) is 0 Å². The summed E-state index contributed by atoms with van der Waals surface area (Å²) in [5.74, 6) is -10.3. The normalized spacial score (nSPS) is 7.83. The maximum absolute atomic E-state index is 10.1. The average molecular weight is 520 g/mol. The molecule has 0 fully saturated rings. The smallest absolute Gasteiger partial charge is 0.542 e. The summed E-state index contributed by atoms with van der Waals surface area (Å²) >= 11 is 0. The van der Waals surface area contributed by atoms with Crippen LogP contribution in [-0.4, -0.2) is 59.4 Å². The molecule has 0 saturated carbocycles. The summed E-state index contributed by atoms with van der Waals surface area (Å²) in [6.07, 6.45) is -1.70. The van der Waals surface area contributed by atoms with Gasteiger partial charge in [-0.3, -0.25) is 28.8 Å². The van der Waals surface area contributed by atoms with Gasteiger partial charge in [0.15, 0.2) is 17.3 Å². The van der Waals surface area contributed by atoms with E-state index in [1.165, 1.54) is 0 Å². The number of rotatable bonds is 9. The number of hydrogen-bond donors (Lipinski definition) is 0. The van der Waals surface area contributed by atoms with E-state index in [0.717, 1.165) is 20.8 Å². The number of carbonyl (C=O) groups excluding carboxylic acids is 10. The number of aliphatic carboxylic acids is 3. The van der Waals surface area contributed by atoms with Crippen molar-refractivity contribution in [3.8, 4) is 0 Å². The summed E-state index contributed by atoms with van der Waals surface area (Å²) < 4.78 is 0. The molecule has 0 spiro atoms. The summed E-state index contributed by atoms with van der Waals surface area (Å²) in [6, 6.07) is 0. The van der Waals surface area contributed by atoms with E-state index < -0.39 is 71.9 Å². The van der Waals surface area contributed by atoms with Gasteiger partial charge in [0.05, 0.1) is 19.3 Å². The molecule has 30 heavy (non-hydrogen) atoms. The van der Waals surface area contributed by atoms with Gasteiger partial charge in [0.25, 0.3) is 0 Å². The van der Waals surface area contributed by atoms with Gasteiger partial charge in [0.1, 0.15) is 42.0 Å². The zero-order valence-electron chi connectivity index (χ0n) is 16.0. The Hall–Kier alpha value is -3.28. The number of hydrogen-bond acceptors (Lipinski definition) is 13. The minimum absolute atomic E-state index is 0. The monoisotopic (exact) mass is 520 g/mol. The van der Waals surface area contributed by atoms with Crippen molar-refractivity contribution in [2.75, 3.05) is 0 Å². The third-order valence-corrected chi connectivity index (χ3v) is 1.91. The van der Waals surface area contributed by atoms with E-state index in [1.54, 1.807) is 0 Å². The largest absolute Gasteiger partial charge is 3.00 e. The maximum Gasteiger partial charge on any atom is 3.00 e. The molecule has 0 unspecified atom stereocenters. The predicted octanol–water partition coefficient (Wildman–Crippen LogP) is -5.33. The first-order valence-electron chi connectivity index (χ1n) is 7.11. The van der Waals surface area contributed by atoms with Crippen molar-refractivity contribution in [3.05, 3.63) is 0 Å². The van der Waals surface area contributed by atoms with Crippen molar-refractivity contribution in [1.82, 2.24) is 0 Å². The molecule has 14 heteroatoms. The summed E-state index contributed by atoms with van der Waals surface area (Å²) in [5.41, 5.74) is 0. The molecule has 13 nitrogen and oxygen atoms in total. The molecule has 0 amide bonds. The standard InChI is InChI=1S/3C5H6O4.CH2O.Rh/c3*1-3(6)2-4(7)5(8)9;1-2;/h3*2H2,1H3,(H,8,9);1H2;/q;;;;+3/p-3. The molecule has 0 radical (unpaired) electrons. The van der Waals surface area contributed by atoms with Crippen LogP contribution in [-0.2, 0) is 67.4 Å². The first-order valence-corrected chi connectivity index (χ1v) is 7.11. The van der Waals surface area contributed by atoms with Crippen LogP contribution >= 0.6 is 0 Å². The molecule has 168 valence electrons. The van der Waals surface area contributed by atoms with Crippen LogP contribution in [0.5, 0.6) is 0 Å². The van der Waals surface area contributed by atoms with Crippen LogP contribution in [0.4, 0.5) is 0 Å². The quantitative estimate of drug-likeness (QED) is 0.157. The predicted molar refractivity (Wildman–Crippen MR) is 83.1 cm³/mol. The van der Waals surface area contributed by atoms with Crippen LogP contribution < -0.4 is 15.3 Å². The van der Waals surface area contributed by atoms with Crippen molar-refractivity contribution in [2.24, 2.45) is 0 Å². The minimum Gasteiger partial charge on any atom is -0.542 e. The van der Waals surface area contributed by atoms with Gasteiger partial charge < -0.3 is 34.5 Å². The molecular formula is C16H17O13Rh. The van der Waals surface area contributed by atoms with Crippen LogP contribution in [0.15, 0.2) is 0 Å². The summed E-state index contributed by atoms with van der Waals surface area (Å²) in [4.78, 5) is 97.2. The Morgan fingerprint density at radius 3 is 0.667 bits per heavy atom. The molecule has 0 N–H and O–H groups in total. The third-order valence-electron chi connectivity index (χ3n) is 1.91. The van der Waals surface area contributed by atoms with Gasteiger partial charge in [0.2, 0.25) is 0 Å². The molecule has 0 atom stereocenters. The molecule has 0 aliphatic carbocycles. The molecule has 0 aromatic rings. The first kappa shape index (κ1) is 37.5. The van der Waals surface area contributed by atoms with E-state index in [1.807, 2.05) is 6.79 Å². The zero-order valence-corrected chi connectivity index (χ0v) is 17.6. The van der Waals surface area contributed by atoms with E-state index in [0.29, 0.717) is 0 Å². The Kier molecular flexibility index (Phi) is 27.5. The average Bonchev–Trinajstić information content (AvgIpc) is 2.55. The molecule has 0 aromatic carbocycles. The fourth-order valence-corrected chi connectivity index (χ4v) is 0.895. The summed E-state index contributed by atoms with van der Waals surface area (Å²) in [6.45, 7) is 5.42. The number of carbonyl (C=O) groups is 10. The van der Waals surface area contributed by atoms with E-state index >= 15 is 0 Å². The van der Waals surface area contributed by atoms with Crippen LogP contribution in [0.2, 0.25) is 0 Å². The summed E-state index contributed by atoms with van der Waals surface area (Å²) in [5, 5.41) is 28.9. The van der Waals surface area contributed by atoms with Crippen molar-refractivity contribution in [1.29, 1.82) is 0 Å². The molecular weight excluding hydrogens is 503 g/mol. The second kappa shape index (κ2) is 22.0. The second-order valence-electron chi connectivity index (χ2n) is 4.77. The van der Waals surface area contributed by atoms with Gasteiger partial charge in [-0.25, -0.2) is 0 Å². The molecule has 0 aliphatic heterocycles. The minimum atomic E-state index is -1.80. The van der Waals surface area contributed by atoms with Gasteiger partial charge in [-0.1, -0.05) is 0 Å². The Morgan fingerprint density at radius 1 is 0.500 bits per heavy atom. The van der Waals surface area contributed by atoms with Gasteiger partial charge in [-0.15, -0.1) is 0 Å². The Balaban J connectivity index is -0.0000000982. The Labute approximate surface area is 182 Å². The van der Waals surface area contributed by atoms with Crippen molar-refractivity contribution in [2.45, 2.75) is 40.0 Å². The summed E-state index contributed by atoms with van der Waals surface area (Å²) in [7, 11) is 0. The van der Waals surface area contributed by atoms with E-state index in [2.05, 4.69) is 0 Å². The zero-order chi connectivity index (χ0) is 24.3. The van der Waals surface area contributed by atoms with Crippen molar-refractivity contribution >= 4 is 59.4 Å². The van der Waals surface area contributed by atoms with Crippen LogP contribution in [0, 0.1) is 0 Å². The van der Waals surface area contributed by atoms with Crippen molar-refractivity contribution in [3.63, 3.8) is 0 Å². The Bertz CT molecular complexity index is 588. The Morgan fingerprint density at radius 2 is 0.633 bits per heavy atom. The number of carboxylic acid groups (broad SMARTS) is 3. The third kappa shape index (κ3) is 32.4. The molecule has 0 aliphatic rings.